The Hall–Kier alpha value is -2.67. The zero-order valence-electron chi connectivity index (χ0n) is 16.6. The van der Waals surface area contributed by atoms with Crippen LogP contribution in [-0.4, -0.2) is 50.7 Å². The fourth-order valence-corrected chi connectivity index (χ4v) is 4.08. The van der Waals surface area contributed by atoms with Gasteiger partial charge in [-0.05, 0) is 81.4 Å². The molecule has 2 aromatic rings. The number of halogens is 2. The SMILES string of the molecule is CN1CCC(CNC(=O)N2CCN(c3ccc(F)cc3)c3cc(F)ccc32)CC1. The Morgan fingerprint density at radius 2 is 1.66 bits per heavy atom. The highest BCUT2D eigenvalue weighted by molar-refractivity contribution is 5.97. The van der Waals surface area contributed by atoms with Crippen LogP contribution in [0.2, 0.25) is 0 Å². The van der Waals surface area contributed by atoms with Crippen LogP contribution in [-0.2, 0) is 0 Å². The van der Waals surface area contributed by atoms with Crippen LogP contribution in [0.3, 0.4) is 0 Å². The lowest BCUT2D eigenvalue weighted by Crippen LogP contribution is -2.48. The van der Waals surface area contributed by atoms with Crippen LogP contribution in [0.4, 0.5) is 30.6 Å². The molecule has 4 rings (SSSR count). The first-order valence-electron chi connectivity index (χ1n) is 10.1. The van der Waals surface area contributed by atoms with Gasteiger partial charge in [0, 0.05) is 25.3 Å². The van der Waals surface area contributed by atoms with Crippen LogP contribution in [0, 0.1) is 17.6 Å². The number of fused-ring (bicyclic) bond motifs is 1. The van der Waals surface area contributed by atoms with Gasteiger partial charge in [-0.25, -0.2) is 13.6 Å². The molecule has 0 saturated carbocycles. The van der Waals surface area contributed by atoms with Gasteiger partial charge in [0.05, 0.1) is 11.4 Å². The van der Waals surface area contributed by atoms with Crippen LogP contribution in [0.5, 0.6) is 0 Å². The molecule has 2 aliphatic rings. The van der Waals surface area contributed by atoms with Gasteiger partial charge in [0.25, 0.3) is 0 Å². The first-order chi connectivity index (χ1) is 14.0. The number of hydrogen-bond acceptors (Lipinski definition) is 3. The number of likely N-dealkylation sites (tertiary alicyclic amines) is 1. The predicted octanol–water partition coefficient (Wildman–Crippen LogP) is 3.97. The van der Waals surface area contributed by atoms with E-state index < -0.39 is 0 Å². The van der Waals surface area contributed by atoms with E-state index in [1.807, 2.05) is 4.90 Å². The molecular weight excluding hydrogens is 374 g/mol. The molecule has 2 aromatic carbocycles. The van der Waals surface area contributed by atoms with Crippen LogP contribution in [0.25, 0.3) is 0 Å². The van der Waals surface area contributed by atoms with E-state index in [0.717, 1.165) is 31.6 Å². The van der Waals surface area contributed by atoms with Gasteiger partial charge in [-0.1, -0.05) is 0 Å². The lowest BCUT2D eigenvalue weighted by atomic mass is 9.97. The molecule has 0 atom stereocenters. The van der Waals surface area contributed by atoms with Gasteiger partial charge in [-0.2, -0.15) is 0 Å². The summed E-state index contributed by atoms with van der Waals surface area (Å²) in [7, 11) is 2.12. The Morgan fingerprint density at radius 1 is 0.966 bits per heavy atom. The number of benzene rings is 2. The second-order valence-corrected chi connectivity index (χ2v) is 7.85. The lowest BCUT2D eigenvalue weighted by Gasteiger charge is -2.38. The molecule has 1 N–H and O–H groups in total. The monoisotopic (exact) mass is 400 g/mol. The number of rotatable bonds is 3. The Balaban J connectivity index is 1.50. The van der Waals surface area contributed by atoms with Gasteiger partial charge in [-0.15, -0.1) is 0 Å². The number of nitrogens with zero attached hydrogens (tertiary/aromatic N) is 3. The molecule has 0 unspecified atom stereocenters. The van der Waals surface area contributed by atoms with E-state index in [-0.39, 0.29) is 17.7 Å². The third kappa shape index (κ3) is 4.34. The van der Waals surface area contributed by atoms with Crippen molar-refractivity contribution >= 4 is 23.1 Å². The summed E-state index contributed by atoms with van der Waals surface area (Å²) in [6.07, 6.45) is 2.16. The van der Waals surface area contributed by atoms with Crippen molar-refractivity contribution in [1.82, 2.24) is 10.2 Å². The summed E-state index contributed by atoms with van der Waals surface area (Å²) in [5.41, 5.74) is 2.03. The molecule has 2 aliphatic heterocycles. The van der Waals surface area contributed by atoms with Crippen molar-refractivity contribution in [3.8, 4) is 0 Å². The summed E-state index contributed by atoms with van der Waals surface area (Å²) in [5, 5.41) is 3.06. The van der Waals surface area contributed by atoms with Gasteiger partial charge in [0.15, 0.2) is 0 Å². The molecule has 0 radical (unpaired) electrons. The van der Waals surface area contributed by atoms with Crippen molar-refractivity contribution in [1.29, 1.82) is 0 Å². The number of carbonyl (C=O) groups is 1. The second-order valence-electron chi connectivity index (χ2n) is 7.85. The Bertz CT molecular complexity index is 866. The van der Waals surface area contributed by atoms with Crippen LogP contribution in [0.15, 0.2) is 42.5 Å². The van der Waals surface area contributed by atoms with Gasteiger partial charge in [-0.3, -0.25) is 4.90 Å². The normalized spacial score (nSPS) is 17.9. The molecular formula is C22H26F2N4O. The maximum Gasteiger partial charge on any atom is 0.322 e. The van der Waals surface area contributed by atoms with E-state index in [2.05, 4.69) is 17.3 Å². The van der Waals surface area contributed by atoms with Crippen molar-refractivity contribution in [2.24, 2.45) is 5.92 Å². The Labute approximate surface area is 169 Å². The first kappa shape index (κ1) is 19.6. The molecule has 1 fully saturated rings. The van der Waals surface area contributed by atoms with E-state index in [1.165, 1.54) is 24.3 Å². The number of amides is 2. The number of carbonyl (C=O) groups excluding carboxylic acids is 1. The summed E-state index contributed by atoms with van der Waals surface area (Å²) in [5.74, 6) is -0.201. The fourth-order valence-electron chi connectivity index (χ4n) is 4.08. The molecule has 0 aromatic heterocycles. The number of hydrogen-bond donors (Lipinski definition) is 1. The number of urea groups is 1. The first-order valence-corrected chi connectivity index (χ1v) is 10.1. The minimum Gasteiger partial charge on any atom is -0.338 e. The van der Waals surface area contributed by atoms with E-state index in [4.69, 9.17) is 0 Å². The zero-order valence-corrected chi connectivity index (χ0v) is 16.6. The molecule has 0 bridgehead atoms. The van der Waals surface area contributed by atoms with E-state index >= 15 is 0 Å². The lowest BCUT2D eigenvalue weighted by molar-refractivity contribution is 0.211. The molecule has 0 aliphatic carbocycles. The number of nitrogens with one attached hydrogen (secondary N) is 1. The molecule has 7 heteroatoms. The summed E-state index contributed by atoms with van der Waals surface area (Å²) in [6.45, 7) is 3.73. The Kier molecular flexibility index (Phi) is 5.67. The molecule has 2 heterocycles. The fraction of sp³-hybridized carbons (Fsp3) is 0.409. The highest BCUT2D eigenvalue weighted by Gasteiger charge is 2.28. The van der Waals surface area contributed by atoms with Gasteiger partial charge in [0.2, 0.25) is 0 Å². The van der Waals surface area contributed by atoms with Crippen LogP contribution < -0.4 is 15.1 Å². The average Bonchev–Trinajstić information content (AvgIpc) is 2.73. The van der Waals surface area contributed by atoms with Gasteiger partial charge in [0.1, 0.15) is 11.6 Å². The summed E-state index contributed by atoms with van der Waals surface area (Å²) in [6, 6.07) is 10.4. The molecule has 5 nitrogen and oxygen atoms in total. The van der Waals surface area contributed by atoms with Crippen LogP contribution in [0.1, 0.15) is 12.8 Å². The maximum absolute atomic E-state index is 14.0. The summed E-state index contributed by atoms with van der Waals surface area (Å²) < 4.78 is 27.3. The summed E-state index contributed by atoms with van der Waals surface area (Å²) in [4.78, 5) is 18.8. The zero-order chi connectivity index (χ0) is 20.4. The highest BCUT2D eigenvalue weighted by Crippen LogP contribution is 2.38. The van der Waals surface area contributed by atoms with Crippen molar-refractivity contribution in [3.63, 3.8) is 0 Å². The third-order valence-electron chi connectivity index (χ3n) is 5.83. The third-order valence-corrected chi connectivity index (χ3v) is 5.83. The standard InChI is InChI=1S/C22H26F2N4O/c1-26-10-8-16(9-11-26)15-25-22(29)28-13-12-27(19-5-2-17(23)3-6-19)21-14-18(24)4-7-20(21)28/h2-7,14,16H,8-13,15H2,1H3,(H,25,29). The minimum absolute atomic E-state index is 0.157. The quantitative estimate of drug-likeness (QED) is 0.847. The molecule has 1 saturated heterocycles. The minimum atomic E-state index is -0.371. The molecule has 154 valence electrons. The smallest absolute Gasteiger partial charge is 0.322 e. The van der Waals surface area contributed by atoms with Crippen molar-refractivity contribution < 1.29 is 13.6 Å². The maximum atomic E-state index is 14.0. The summed E-state index contributed by atoms with van der Waals surface area (Å²) >= 11 is 0. The molecule has 0 spiro atoms. The predicted molar refractivity (Wildman–Crippen MR) is 111 cm³/mol. The largest absolute Gasteiger partial charge is 0.338 e. The average molecular weight is 400 g/mol. The van der Waals surface area contributed by atoms with Gasteiger partial charge >= 0.3 is 6.03 Å². The molecule has 29 heavy (non-hydrogen) atoms. The topological polar surface area (TPSA) is 38.8 Å². The highest BCUT2D eigenvalue weighted by atomic mass is 19.1. The van der Waals surface area contributed by atoms with Gasteiger partial charge < -0.3 is 15.1 Å². The van der Waals surface area contributed by atoms with E-state index in [1.54, 1.807) is 23.1 Å². The Morgan fingerprint density at radius 3 is 2.38 bits per heavy atom. The van der Waals surface area contributed by atoms with Crippen LogP contribution >= 0.6 is 0 Å². The van der Waals surface area contributed by atoms with Crippen molar-refractivity contribution in [2.45, 2.75) is 12.8 Å². The van der Waals surface area contributed by atoms with Crippen molar-refractivity contribution in [2.75, 3.05) is 49.6 Å². The van der Waals surface area contributed by atoms with E-state index in [0.29, 0.717) is 36.9 Å². The second kappa shape index (κ2) is 8.37. The number of anilines is 3. The number of piperidine rings is 1. The van der Waals surface area contributed by atoms with Crippen molar-refractivity contribution in [3.05, 3.63) is 54.1 Å². The molecule has 2 amide bonds. The van der Waals surface area contributed by atoms with E-state index in [9.17, 15) is 13.6 Å².